The van der Waals surface area contributed by atoms with Crippen LogP contribution >= 0.6 is 0 Å². The van der Waals surface area contributed by atoms with Gasteiger partial charge in [-0.05, 0) is 63.8 Å². The van der Waals surface area contributed by atoms with Gasteiger partial charge in [0.25, 0.3) is 0 Å². The van der Waals surface area contributed by atoms with Crippen LogP contribution in [0.3, 0.4) is 0 Å². The van der Waals surface area contributed by atoms with Crippen LogP contribution in [0.1, 0.15) is 41.5 Å². The van der Waals surface area contributed by atoms with Crippen molar-refractivity contribution in [1.29, 1.82) is 0 Å². The molecule has 1 rings (SSSR count). The van der Waals surface area contributed by atoms with Crippen LogP contribution < -0.4 is 0 Å². The van der Waals surface area contributed by atoms with E-state index in [1.54, 1.807) is 12.2 Å². The van der Waals surface area contributed by atoms with E-state index in [0.29, 0.717) is 0 Å². The second-order valence-electron chi connectivity index (χ2n) is 5.05. The Morgan fingerprint density at radius 2 is 0.944 bits per heavy atom. The monoisotopic (exact) mass is 246 g/mol. The van der Waals surface area contributed by atoms with Crippen molar-refractivity contribution in [3.8, 4) is 0 Å². The highest BCUT2D eigenvalue weighted by molar-refractivity contribution is 5.56. The molecule has 0 radical (unpaired) electrons. The van der Waals surface area contributed by atoms with Gasteiger partial charge in [0, 0.05) is 0 Å². The number of rotatable bonds is 2. The first-order valence-corrected chi connectivity index (χ1v) is 5.80. The third-order valence-electron chi connectivity index (χ3n) is 4.58. The summed E-state index contributed by atoms with van der Waals surface area (Å²) in [6.45, 7) is 11.4. The van der Waals surface area contributed by atoms with Crippen molar-refractivity contribution in [2.75, 3.05) is 0 Å². The minimum absolute atomic E-state index is 0.687. The Bertz CT molecular complexity index is 468. The molecule has 96 valence electrons. The van der Waals surface area contributed by atoms with E-state index >= 15 is 0 Å². The van der Waals surface area contributed by atoms with Crippen molar-refractivity contribution in [3.05, 3.63) is 22.3 Å². The van der Waals surface area contributed by atoms with E-state index in [0.717, 1.165) is 22.3 Å². The van der Waals surface area contributed by atoms with Crippen molar-refractivity contribution in [1.82, 2.24) is 0 Å². The molecule has 0 saturated heterocycles. The van der Waals surface area contributed by atoms with Gasteiger partial charge in [-0.1, -0.05) is 0 Å². The fraction of sp³-hybridized carbons (Fsp3) is 0.571. The molecule has 0 amide bonds. The van der Waals surface area contributed by atoms with Gasteiger partial charge in [-0.15, -0.1) is 0 Å². The van der Waals surface area contributed by atoms with Gasteiger partial charge in [-0.2, -0.15) is 9.98 Å². The van der Waals surface area contributed by atoms with E-state index in [4.69, 9.17) is 0 Å². The van der Waals surface area contributed by atoms with Crippen LogP contribution in [0.25, 0.3) is 0 Å². The lowest BCUT2D eigenvalue weighted by Gasteiger charge is -2.41. The van der Waals surface area contributed by atoms with Gasteiger partial charge in [0.2, 0.25) is 12.2 Å². The van der Waals surface area contributed by atoms with Crippen LogP contribution in [0.5, 0.6) is 0 Å². The molecule has 4 heteroatoms. The summed E-state index contributed by atoms with van der Waals surface area (Å²) in [5, 5.41) is 0. The van der Waals surface area contributed by atoms with Crippen LogP contribution in [0.15, 0.2) is 32.3 Å². The van der Waals surface area contributed by atoms with Gasteiger partial charge in [-0.25, -0.2) is 9.59 Å². The fourth-order valence-electron chi connectivity index (χ4n) is 2.54. The van der Waals surface area contributed by atoms with Gasteiger partial charge in [0.1, 0.15) is 11.1 Å². The lowest BCUT2D eigenvalue weighted by molar-refractivity contribution is 0.507. The predicted molar refractivity (Wildman–Crippen MR) is 69.8 cm³/mol. The Morgan fingerprint density at radius 1 is 0.722 bits per heavy atom. The Balaban J connectivity index is 3.70. The zero-order valence-electron chi connectivity index (χ0n) is 11.7. The first-order valence-electron chi connectivity index (χ1n) is 5.80. The van der Waals surface area contributed by atoms with Crippen molar-refractivity contribution in [2.24, 2.45) is 9.98 Å². The summed E-state index contributed by atoms with van der Waals surface area (Å²) >= 11 is 0. The Morgan fingerprint density at radius 3 is 1.11 bits per heavy atom. The van der Waals surface area contributed by atoms with E-state index in [-0.39, 0.29) is 0 Å². The molecule has 0 saturated carbocycles. The maximum atomic E-state index is 10.6. The van der Waals surface area contributed by atoms with Crippen LogP contribution in [0, 0.1) is 0 Å². The van der Waals surface area contributed by atoms with E-state index in [9.17, 15) is 9.59 Å². The number of aliphatic imine (C=N–C) groups is 2. The molecule has 0 aromatic rings. The minimum atomic E-state index is -0.687. The molecule has 0 N–H and O–H groups in total. The van der Waals surface area contributed by atoms with Crippen LogP contribution in [-0.2, 0) is 9.59 Å². The van der Waals surface area contributed by atoms with Gasteiger partial charge < -0.3 is 0 Å². The predicted octanol–water partition coefficient (Wildman–Crippen LogP) is 2.86. The second-order valence-corrected chi connectivity index (χ2v) is 5.05. The summed E-state index contributed by atoms with van der Waals surface area (Å²) in [6, 6.07) is 0. The number of isocyanates is 2. The van der Waals surface area contributed by atoms with E-state index in [1.165, 1.54) is 0 Å². The highest BCUT2D eigenvalue weighted by Crippen LogP contribution is 2.46. The van der Waals surface area contributed by atoms with Crippen molar-refractivity contribution >= 4 is 12.2 Å². The summed E-state index contributed by atoms with van der Waals surface area (Å²) < 4.78 is 0. The van der Waals surface area contributed by atoms with E-state index in [1.807, 2.05) is 41.5 Å². The standard InChI is InChI=1S/C14H18N2O2/c1-9-10(2)14(6,16-8-18)12(4)11(3)13(9,5)15-7-17/h1-6H3. The number of hydrogen-bond acceptors (Lipinski definition) is 4. The largest absolute Gasteiger partial charge is 0.236 e. The highest BCUT2D eigenvalue weighted by Gasteiger charge is 2.43. The lowest BCUT2D eigenvalue weighted by atomic mass is 9.68. The lowest BCUT2D eigenvalue weighted by Crippen LogP contribution is -2.40. The van der Waals surface area contributed by atoms with Gasteiger partial charge in [0.15, 0.2) is 0 Å². The molecule has 1 aliphatic rings. The molecule has 0 fully saturated rings. The number of hydrogen-bond donors (Lipinski definition) is 0. The van der Waals surface area contributed by atoms with Crippen LogP contribution in [-0.4, -0.2) is 23.2 Å². The maximum absolute atomic E-state index is 10.6. The average molecular weight is 246 g/mol. The summed E-state index contributed by atoms with van der Waals surface area (Å²) in [6.07, 6.45) is 3.28. The quantitative estimate of drug-likeness (QED) is 0.427. The summed E-state index contributed by atoms with van der Waals surface area (Å²) in [5.74, 6) is 0. The van der Waals surface area contributed by atoms with Crippen molar-refractivity contribution in [2.45, 2.75) is 52.6 Å². The molecule has 0 heterocycles. The smallest absolute Gasteiger partial charge is 0.211 e. The molecule has 4 nitrogen and oxygen atoms in total. The molecule has 0 bridgehead atoms. The first kappa shape index (κ1) is 14.3. The Labute approximate surface area is 107 Å². The molecular weight excluding hydrogens is 228 g/mol. The Kier molecular flexibility index (Phi) is 3.57. The topological polar surface area (TPSA) is 58.9 Å². The number of carbonyl (C=O) groups excluding carboxylic acids is 2. The zero-order chi connectivity index (χ0) is 14.1. The van der Waals surface area contributed by atoms with Crippen molar-refractivity contribution < 1.29 is 9.59 Å². The van der Waals surface area contributed by atoms with Gasteiger partial charge in [0.05, 0.1) is 0 Å². The maximum Gasteiger partial charge on any atom is 0.236 e. The normalized spacial score (nSPS) is 31.9. The number of nitrogens with zero attached hydrogens (tertiary/aromatic N) is 2. The molecule has 18 heavy (non-hydrogen) atoms. The average Bonchev–Trinajstić information content (AvgIpc) is 2.34. The SMILES string of the molecule is CC1=C(C)C(C)(N=C=O)C(C)=C(C)C1(C)N=C=O. The zero-order valence-corrected chi connectivity index (χ0v) is 11.7. The molecule has 1 aliphatic carbocycles. The van der Waals surface area contributed by atoms with Gasteiger partial charge >= 0.3 is 0 Å². The molecular formula is C14H18N2O2. The van der Waals surface area contributed by atoms with Gasteiger partial charge in [-0.3, -0.25) is 0 Å². The molecule has 0 aliphatic heterocycles. The van der Waals surface area contributed by atoms with Crippen molar-refractivity contribution in [3.63, 3.8) is 0 Å². The summed E-state index contributed by atoms with van der Waals surface area (Å²) in [5.41, 5.74) is 2.33. The summed E-state index contributed by atoms with van der Waals surface area (Å²) in [7, 11) is 0. The molecule has 0 aromatic carbocycles. The molecule has 0 aromatic heterocycles. The fourth-order valence-corrected chi connectivity index (χ4v) is 2.54. The van der Waals surface area contributed by atoms with Crippen LogP contribution in [0.2, 0.25) is 0 Å². The van der Waals surface area contributed by atoms with Crippen LogP contribution in [0.4, 0.5) is 0 Å². The van der Waals surface area contributed by atoms with E-state index in [2.05, 4.69) is 9.98 Å². The Hall–Kier alpha value is -1.76. The minimum Gasteiger partial charge on any atom is -0.211 e. The molecule has 0 unspecified atom stereocenters. The highest BCUT2D eigenvalue weighted by atomic mass is 16.1. The van der Waals surface area contributed by atoms with E-state index < -0.39 is 11.1 Å². The second kappa shape index (κ2) is 4.49. The molecule has 0 spiro atoms. The summed E-state index contributed by atoms with van der Waals surface area (Å²) in [4.78, 5) is 29.2. The first-order chi connectivity index (χ1) is 8.25. The molecule has 0 atom stereocenters. The third-order valence-corrected chi connectivity index (χ3v) is 4.58. The third kappa shape index (κ3) is 1.71.